The van der Waals surface area contributed by atoms with Crippen LogP contribution in [0.2, 0.25) is 0 Å². The van der Waals surface area contributed by atoms with Gasteiger partial charge in [-0.25, -0.2) is 4.79 Å². The van der Waals surface area contributed by atoms with Gasteiger partial charge in [-0.15, -0.1) is 0 Å². The lowest BCUT2D eigenvalue weighted by Gasteiger charge is -2.34. The van der Waals surface area contributed by atoms with Crippen molar-refractivity contribution in [1.29, 1.82) is 0 Å². The molecule has 1 aliphatic heterocycles. The molecule has 150 valence electrons. The van der Waals surface area contributed by atoms with Gasteiger partial charge in [0.05, 0.1) is 6.54 Å². The molecule has 1 fully saturated rings. The van der Waals surface area contributed by atoms with Gasteiger partial charge in [0.1, 0.15) is 0 Å². The second-order valence-electron chi connectivity index (χ2n) is 7.95. The predicted molar refractivity (Wildman–Crippen MR) is 110 cm³/mol. The number of hydrogen-bond acceptors (Lipinski definition) is 3. The average Bonchev–Trinajstić information content (AvgIpc) is 2.61. The molecule has 1 aromatic rings. The fourth-order valence-electron chi connectivity index (χ4n) is 3.62. The molecule has 2 rings (SSSR count). The molecular weight excluding hydrogens is 340 g/mol. The summed E-state index contributed by atoms with van der Waals surface area (Å²) in [7, 11) is 0. The Morgan fingerprint density at radius 2 is 1.70 bits per heavy atom. The molecule has 1 saturated heterocycles. The highest BCUT2D eigenvalue weighted by atomic mass is 16.2. The zero-order valence-electron chi connectivity index (χ0n) is 17.3. The summed E-state index contributed by atoms with van der Waals surface area (Å²) in [6, 6.07) is 4.06. The monoisotopic (exact) mass is 374 g/mol. The van der Waals surface area contributed by atoms with Crippen molar-refractivity contribution in [2.24, 2.45) is 5.92 Å². The van der Waals surface area contributed by atoms with E-state index in [-0.39, 0.29) is 18.5 Å². The van der Waals surface area contributed by atoms with Crippen molar-refractivity contribution < 1.29 is 9.59 Å². The average molecular weight is 375 g/mol. The Bertz CT molecular complexity index is 643. The van der Waals surface area contributed by atoms with Gasteiger partial charge in [0.2, 0.25) is 5.91 Å². The van der Waals surface area contributed by atoms with Crippen LogP contribution in [0.5, 0.6) is 0 Å². The first kappa shape index (κ1) is 21.2. The van der Waals surface area contributed by atoms with Gasteiger partial charge in [-0.3, -0.25) is 9.69 Å². The van der Waals surface area contributed by atoms with Crippen molar-refractivity contribution in [2.75, 3.05) is 31.5 Å². The van der Waals surface area contributed by atoms with Gasteiger partial charge >= 0.3 is 6.03 Å². The van der Waals surface area contributed by atoms with E-state index in [1.165, 1.54) is 12.8 Å². The summed E-state index contributed by atoms with van der Waals surface area (Å²) in [6.07, 6.45) is 2.43. The number of carbonyl (C=O) groups is 2. The van der Waals surface area contributed by atoms with Crippen LogP contribution in [0.3, 0.4) is 0 Å². The number of likely N-dealkylation sites (tertiary alicyclic amines) is 1. The molecule has 0 aliphatic carbocycles. The van der Waals surface area contributed by atoms with Crippen LogP contribution in [0.25, 0.3) is 0 Å². The van der Waals surface area contributed by atoms with Gasteiger partial charge in [0.25, 0.3) is 0 Å². The Balaban J connectivity index is 1.71. The van der Waals surface area contributed by atoms with Crippen LogP contribution >= 0.6 is 0 Å². The highest BCUT2D eigenvalue weighted by molar-refractivity contribution is 5.95. The van der Waals surface area contributed by atoms with Crippen molar-refractivity contribution >= 4 is 17.6 Å². The minimum atomic E-state index is -0.306. The van der Waals surface area contributed by atoms with E-state index in [4.69, 9.17) is 0 Å². The molecule has 1 heterocycles. The number of rotatable bonds is 6. The smallest absolute Gasteiger partial charge is 0.315 e. The van der Waals surface area contributed by atoms with Gasteiger partial charge in [-0.1, -0.05) is 24.6 Å². The molecule has 1 atom stereocenters. The lowest BCUT2D eigenvalue weighted by atomic mass is 9.98. The topological polar surface area (TPSA) is 73.5 Å². The standard InChI is InChI=1S/C21H34N4O2/c1-14-6-8-25(9-7-14)18(5)12-22-21(27)23-13-19(26)24-20-16(3)10-15(2)11-17(20)4/h10-11,14,18H,6-9,12-13H2,1-5H3,(H,24,26)(H2,22,23,27). The number of hydrogen-bond donors (Lipinski definition) is 3. The van der Waals surface area contributed by atoms with E-state index in [0.29, 0.717) is 12.6 Å². The highest BCUT2D eigenvalue weighted by Gasteiger charge is 2.20. The fourth-order valence-corrected chi connectivity index (χ4v) is 3.62. The Morgan fingerprint density at radius 1 is 1.11 bits per heavy atom. The molecule has 1 unspecified atom stereocenters. The number of benzene rings is 1. The van der Waals surface area contributed by atoms with E-state index >= 15 is 0 Å². The molecule has 0 saturated carbocycles. The van der Waals surface area contributed by atoms with Crippen LogP contribution in [-0.4, -0.2) is 49.1 Å². The van der Waals surface area contributed by atoms with E-state index in [1.54, 1.807) is 0 Å². The number of nitrogens with zero attached hydrogens (tertiary/aromatic N) is 1. The Hall–Kier alpha value is -2.08. The number of urea groups is 1. The molecule has 3 N–H and O–H groups in total. The molecule has 6 nitrogen and oxygen atoms in total. The maximum atomic E-state index is 12.2. The third kappa shape index (κ3) is 6.54. The van der Waals surface area contributed by atoms with Crippen molar-refractivity contribution in [3.63, 3.8) is 0 Å². The predicted octanol–water partition coefficient (Wildman–Crippen LogP) is 2.97. The summed E-state index contributed by atoms with van der Waals surface area (Å²) in [4.78, 5) is 26.6. The van der Waals surface area contributed by atoms with Crippen LogP contribution < -0.4 is 16.0 Å². The first-order chi connectivity index (χ1) is 12.8. The zero-order valence-corrected chi connectivity index (χ0v) is 17.3. The first-order valence-corrected chi connectivity index (χ1v) is 9.89. The van der Waals surface area contributed by atoms with Crippen molar-refractivity contribution in [3.05, 3.63) is 28.8 Å². The Kier molecular flexibility index (Phi) is 7.66. The minimum absolute atomic E-state index is 0.0474. The summed E-state index contributed by atoms with van der Waals surface area (Å²) in [5, 5.41) is 8.40. The zero-order chi connectivity index (χ0) is 20.0. The number of aryl methyl sites for hydroxylation is 3. The molecule has 0 aromatic heterocycles. The maximum absolute atomic E-state index is 12.2. The van der Waals surface area contributed by atoms with Gasteiger partial charge in [-0.2, -0.15) is 0 Å². The third-order valence-corrected chi connectivity index (χ3v) is 5.35. The molecular formula is C21H34N4O2. The molecule has 27 heavy (non-hydrogen) atoms. The Labute approximate surface area is 163 Å². The first-order valence-electron chi connectivity index (χ1n) is 9.89. The Morgan fingerprint density at radius 3 is 2.30 bits per heavy atom. The van der Waals surface area contributed by atoms with Crippen LogP contribution in [0.1, 0.15) is 43.4 Å². The van der Waals surface area contributed by atoms with Crippen LogP contribution in [-0.2, 0) is 4.79 Å². The second-order valence-corrected chi connectivity index (χ2v) is 7.95. The number of anilines is 1. The number of carbonyl (C=O) groups excluding carboxylic acids is 2. The number of amides is 3. The van der Waals surface area contributed by atoms with E-state index in [9.17, 15) is 9.59 Å². The van der Waals surface area contributed by atoms with Gasteiger partial charge < -0.3 is 16.0 Å². The van der Waals surface area contributed by atoms with Crippen molar-refractivity contribution in [3.8, 4) is 0 Å². The van der Waals surface area contributed by atoms with Crippen LogP contribution in [0.15, 0.2) is 12.1 Å². The molecule has 3 amide bonds. The molecule has 6 heteroatoms. The minimum Gasteiger partial charge on any atom is -0.337 e. The summed E-state index contributed by atoms with van der Waals surface area (Å²) in [5.41, 5.74) is 4.03. The normalized spacial score (nSPS) is 16.6. The van der Waals surface area contributed by atoms with Crippen molar-refractivity contribution in [1.82, 2.24) is 15.5 Å². The van der Waals surface area contributed by atoms with Gasteiger partial charge in [0, 0.05) is 18.3 Å². The SMILES string of the molecule is Cc1cc(C)c(NC(=O)CNC(=O)NCC(C)N2CCC(C)CC2)c(C)c1. The lowest BCUT2D eigenvalue weighted by molar-refractivity contribution is -0.115. The largest absolute Gasteiger partial charge is 0.337 e. The number of nitrogens with one attached hydrogen (secondary N) is 3. The molecule has 0 radical (unpaired) electrons. The molecule has 1 aliphatic rings. The van der Waals surface area contributed by atoms with E-state index in [2.05, 4.69) is 34.7 Å². The van der Waals surface area contributed by atoms with Crippen molar-refractivity contribution in [2.45, 2.75) is 53.5 Å². The van der Waals surface area contributed by atoms with E-state index < -0.39 is 0 Å². The van der Waals surface area contributed by atoms with Crippen LogP contribution in [0.4, 0.5) is 10.5 Å². The second kappa shape index (κ2) is 9.74. The van der Waals surface area contributed by atoms with Gasteiger partial charge in [-0.05, 0) is 70.7 Å². The van der Waals surface area contributed by atoms with E-state index in [0.717, 1.165) is 41.4 Å². The van der Waals surface area contributed by atoms with Crippen LogP contribution in [0, 0.1) is 26.7 Å². The highest BCUT2D eigenvalue weighted by Crippen LogP contribution is 2.21. The maximum Gasteiger partial charge on any atom is 0.315 e. The summed E-state index contributed by atoms with van der Waals surface area (Å²) >= 11 is 0. The summed E-state index contributed by atoms with van der Waals surface area (Å²) in [6.45, 7) is 13.1. The third-order valence-electron chi connectivity index (χ3n) is 5.35. The number of piperidine rings is 1. The molecule has 0 spiro atoms. The summed E-state index contributed by atoms with van der Waals surface area (Å²) < 4.78 is 0. The fraction of sp³-hybridized carbons (Fsp3) is 0.619. The lowest BCUT2D eigenvalue weighted by Crippen LogP contribution is -2.48. The van der Waals surface area contributed by atoms with E-state index in [1.807, 2.05) is 32.9 Å². The summed E-state index contributed by atoms with van der Waals surface area (Å²) in [5.74, 6) is 0.572. The van der Waals surface area contributed by atoms with Gasteiger partial charge in [0.15, 0.2) is 0 Å². The quantitative estimate of drug-likeness (QED) is 0.717. The molecule has 1 aromatic carbocycles. The molecule has 0 bridgehead atoms.